The van der Waals surface area contributed by atoms with Crippen molar-refractivity contribution >= 4 is 5.97 Å². The molecule has 1 aromatic rings. The molecule has 0 aromatic carbocycles. The molecule has 18 heavy (non-hydrogen) atoms. The maximum Gasteiger partial charge on any atom is 0.325 e. The fourth-order valence-electron chi connectivity index (χ4n) is 2.28. The predicted molar refractivity (Wildman–Crippen MR) is 70.5 cm³/mol. The number of carbonyl (C=O) groups excluding carboxylic acids is 1. The van der Waals surface area contributed by atoms with Crippen LogP contribution in [0.5, 0.6) is 0 Å². The second-order valence-electron chi connectivity index (χ2n) is 5.00. The van der Waals surface area contributed by atoms with Crippen molar-refractivity contribution in [2.75, 3.05) is 14.2 Å². The van der Waals surface area contributed by atoms with Gasteiger partial charge in [-0.2, -0.15) is 5.10 Å². The maximum absolute atomic E-state index is 11.8. The summed E-state index contributed by atoms with van der Waals surface area (Å²) in [6, 6.07) is 2.15. The fourth-order valence-corrected chi connectivity index (χ4v) is 2.28. The zero-order chi connectivity index (χ0) is 13.9. The van der Waals surface area contributed by atoms with E-state index in [1.165, 1.54) is 7.11 Å². The average Bonchev–Trinajstić information content (AvgIpc) is 2.67. The van der Waals surface area contributed by atoms with Crippen LogP contribution in [0.3, 0.4) is 0 Å². The Labute approximate surface area is 109 Å². The Balaban J connectivity index is 2.89. The zero-order valence-corrected chi connectivity index (χ0v) is 12.1. The summed E-state index contributed by atoms with van der Waals surface area (Å²) in [5.74, 6) is -0.251. The number of likely N-dealkylation sites (N-methyl/N-ethyl adjacent to an activating group) is 1. The van der Waals surface area contributed by atoms with Crippen LogP contribution in [-0.4, -0.2) is 35.4 Å². The van der Waals surface area contributed by atoms with E-state index >= 15 is 0 Å². The lowest BCUT2D eigenvalue weighted by atomic mass is 9.94. The molecule has 1 N–H and O–H groups in total. The lowest BCUT2D eigenvalue weighted by molar-refractivity contribution is -0.148. The highest BCUT2D eigenvalue weighted by atomic mass is 16.5. The second kappa shape index (κ2) is 5.52. The van der Waals surface area contributed by atoms with Gasteiger partial charge in [-0.3, -0.25) is 9.48 Å². The van der Waals surface area contributed by atoms with Gasteiger partial charge in [-0.15, -0.1) is 0 Å². The lowest BCUT2D eigenvalue weighted by Crippen LogP contribution is -2.49. The summed E-state index contributed by atoms with van der Waals surface area (Å²) in [6.45, 7) is 7.89. The van der Waals surface area contributed by atoms with E-state index in [9.17, 15) is 4.79 Å². The van der Waals surface area contributed by atoms with E-state index in [4.69, 9.17) is 4.74 Å². The number of methoxy groups -OCH3 is 1. The third kappa shape index (κ3) is 2.90. The third-order valence-electron chi connectivity index (χ3n) is 3.35. The summed E-state index contributed by atoms with van der Waals surface area (Å²) >= 11 is 0. The molecule has 1 aromatic heterocycles. The van der Waals surface area contributed by atoms with Gasteiger partial charge >= 0.3 is 5.97 Å². The van der Waals surface area contributed by atoms with Gasteiger partial charge in [0.1, 0.15) is 5.54 Å². The molecule has 0 aliphatic carbocycles. The Bertz CT molecular complexity index is 428. The Morgan fingerprint density at radius 1 is 1.61 bits per heavy atom. The number of rotatable bonds is 5. The molecule has 0 saturated carbocycles. The first kappa shape index (κ1) is 14.7. The van der Waals surface area contributed by atoms with E-state index in [2.05, 4.69) is 17.3 Å². The van der Waals surface area contributed by atoms with Crippen LogP contribution in [0.4, 0.5) is 0 Å². The van der Waals surface area contributed by atoms with Gasteiger partial charge in [-0.1, -0.05) is 0 Å². The highest BCUT2D eigenvalue weighted by Gasteiger charge is 2.35. The summed E-state index contributed by atoms with van der Waals surface area (Å²) < 4.78 is 6.80. The van der Waals surface area contributed by atoms with E-state index in [-0.39, 0.29) is 12.0 Å². The van der Waals surface area contributed by atoms with E-state index in [1.807, 2.05) is 31.5 Å². The van der Waals surface area contributed by atoms with Crippen molar-refractivity contribution in [3.8, 4) is 0 Å². The van der Waals surface area contributed by atoms with Gasteiger partial charge in [0, 0.05) is 5.69 Å². The van der Waals surface area contributed by atoms with Crippen LogP contribution in [0.1, 0.15) is 37.7 Å². The summed E-state index contributed by atoms with van der Waals surface area (Å²) in [5.41, 5.74) is 1.40. The first-order valence-corrected chi connectivity index (χ1v) is 6.14. The van der Waals surface area contributed by atoms with E-state index in [1.54, 1.807) is 7.05 Å². The molecule has 0 aliphatic rings. The molecule has 0 fully saturated rings. The van der Waals surface area contributed by atoms with Gasteiger partial charge in [0.05, 0.1) is 18.8 Å². The van der Waals surface area contributed by atoms with Crippen LogP contribution in [0, 0.1) is 13.8 Å². The van der Waals surface area contributed by atoms with Crippen molar-refractivity contribution in [2.45, 2.75) is 45.7 Å². The molecule has 0 spiro atoms. The topological polar surface area (TPSA) is 56.2 Å². The van der Waals surface area contributed by atoms with Gasteiger partial charge in [-0.05, 0) is 47.2 Å². The normalized spacial score (nSPS) is 16.1. The summed E-state index contributed by atoms with van der Waals surface area (Å²) in [7, 11) is 3.18. The first-order valence-electron chi connectivity index (χ1n) is 6.14. The molecule has 0 aliphatic heterocycles. The van der Waals surface area contributed by atoms with Crippen LogP contribution in [0.15, 0.2) is 6.07 Å². The minimum Gasteiger partial charge on any atom is -0.468 e. The van der Waals surface area contributed by atoms with Crippen molar-refractivity contribution in [1.29, 1.82) is 0 Å². The van der Waals surface area contributed by atoms with Crippen molar-refractivity contribution in [3.63, 3.8) is 0 Å². The van der Waals surface area contributed by atoms with Gasteiger partial charge in [0.25, 0.3) is 0 Å². The minimum absolute atomic E-state index is 0.121. The van der Waals surface area contributed by atoms with Crippen LogP contribution in [-0.2, 0) is 9.53 Å². The number of carbonyl (C=O) groups is 1. The van der Waals surface area contributed by atoms with E-state index < -0.39 is 5.54 Å². The zero-order valence-electron chi connectivity index (χ0n) is 12.1. The number of hydrogen-bond donors (Lipinski definition) is 1. The number of esters is 1. The number of ether oxygens (including phenoxy) is 1. The molecule has 2 unspecified atom stereocenters. The molecule has 1 rings (SSSR count). The SMILES string of the molecule is CNC(C)(CC(C)n1nc(C)cc1C)C(=O)OC. The number of hydrogen-bond acceptors (Lipinski definition) is 4. The Kier molecular flexibility index (Phi) is 4.51. The molecule has 0 amide bonds. The maximum atomic E-state index is 11.8. The molecule has 5 nitrogen and oxygen atoms in total. The average molecular weight is 253 g/mol. The third-order valence-corrected chi connectivity index (χ3v) is 3.35. The number of nitrogens with one attached hydrogen (secondary N) is 1. The Morgan fingerprint density at radius 3 is 2.61 bits per heavy atom. The van der Waals surface area contributed by atoms with Crippen molar-refractivity contribution in [1.82, 2.24) is 15.1 Å². The molecule has 0 saturated heterocycles. The van der Waals surface area contributed by atoms with Crippen LogP contribution in [0.2, 0.25) is 0 Å². The van der Waals surface area contributed by atoms with Crippen molar-refractivity contribution in [3.05, 3.63) is 17.5 Å². The van der Waals surface area contributed by atoms with Gasteiger partial charge in [0.2, 0.25) is 0 Å². The fraction of sp³-hybridized carbons (Fsp3) is 0.692. The van der Waals surface area contributed by atoms with Crippen LogP contribution < -0.4 is 5.32 Å². The molecular weight excluding hydrogens is 230 g/mol. The Hall–Kier alpha value is -1.36. The van der Waals surface area contributed by atoms with Crippen LogP contribution >= 0.6 is 0 Å². The summed E-state index contributed by atoms with van der Waals surface area (Å²) in [6.07, 6.45) is 0.623. The van der Waals surface area contributed by atoms with Crippen molar-refractivity contribution in [2.24, 2.45) is 0 Å². The van der Waals surface area contributed by atoms with Gasteiger partial charge in [0.15, 0.2) is 0 Å². The summed E-state index contributed by atoms with van der Waals surface area (Å²) in [5, 5.41) is 7.49. The molecule has 102 valence electrons. The minimum atomic E-state index is -0.694. The second-order valence-corrected chi connectivity index (χ2v) is 5.00. The first-order chi connectivity index (χ1) is 8.34. The monoisotopic (exact) mass is 253 g/mol. The molecule has 0 radical (unpaired) electrons. The quantitative estimate of drug-likeness (QED) is 0.810. The highest BCUT2D eigenvalue weighted by molar-refractivity contribution is 5.80. The summed E-state index contributed by atoms with van der Waals surface area (Å²) in [4.78, 5) is 11.8. The highest BCUT2D eigenvalue weighted by Crippen LogP contribution is 2.23. The molecular formula is C13H23N3O2. The van der Waals surface area contributed by atoms with Gasteiger partial charge < -0.3 is 10.1 Å². The lowest BCUT2D eigenvalue weighted by Gasteiger charge is -2.29. The van der Waals surface area contributed by atoms with Crippen molar-refractivity contribution < 1.29 is 9.53 Å². The van der Waals surface area contributed by atoms with E-state index in [0.29, 0.717) is 6.42 Å². The van der Waals surface area contributed by atoms with E-state index in [0.717, 1.165) is 11.4 Å². The number of nitrogens with zero attached hydrogens (tertiary/aromatic N) is 2. The number of aromatic nitrogens is 2. The van der Waals surface area contributed by atoms with Crippen LogP contribution in [0.25, 0.3) is 0 Å². The predicted octanol–water partition coefficient (Wildman–Crippen LogP) is 1.60. The Morgan fingerprint density at radius 2 is 2.22 bits per heavy atom. The molecule has 5 heteroatoms. The molecule has 2 atom stereocenters. The molecule has 0 bridgehead atoms. The van der Waals surface area contributed by atoms with Gasteiger partial charge in [-0.25, -0.2) is 0 Å². The largest absolute Gasteiger partial charge is 0.468 e. The number of aryl methyl sites for hydroxylation is 2. The smallest absolute Gasteiger partial charge is 0.325 e. The standard InChI is InChI=1S/C13H23N3O2/c1-9-7-10(2)16(15-9)11(3)8-13(4,14-5)12(17)18-6/h7,11,14H,8H2,1-6H3. The molecule has 1 heterocycles.